The van der Waals surface area contributed by atoms with E-state index in [2.05, 4.69) is 22.4 Å². The van der Waals surface area contributed by atoms with Gasteiger partial charge in [-0.25, -0.2) is 4.98 Å². The zero-order valence-corrected chi connectivity index (χ0v) is 13.7. The molecule has 0 aliphatic carbocycles. The summed E-state index contributed by atoms with van der Waals surface area (Å²) in [6.07, 6.45) is 3.89. The van der Waals surface area contributed by atoms with Crippen LogP contribution in [-0.2, 0) is 6.54 Å². The van der Waals surface area contributed by atoms with Crippen molar-refractivity contribution in [3.8, 4) is 11.1 Å². The number of rotatable bonds is 4. The van der Waals surface area contributed by atoms with Crippen molar-refractivity contribution < 1.29 is 4.79 Å². The number of nitrogens with one attached hydrogen (secondary N) is 1. The molecule has 0 saturated heterocycles. The van der Waals surface area contributed by atoms with E-state index in [1.807, 2.05) is 64.6 Å². The first-order valence-corrected chi connectivity index (χ1v) is 8.52. The van der Waals surface area contributed by atoms with Gasteiger partial charge < -0.3 is 5.32 Å². The Hall–Kier alpha value is -2.92. The Morgan fingerprint density at radius 1 is 1.04 bits per heavy atom. The number of thiazole rings is 1. The summed E-state index contributed by atoms with van der Waals surface area (Å²) in [6, 6.07) is 17.8. The van der Waals surface area contributed by atoms with E-state index in [0.29, 0.717) is 12.1 Å². The number of carbonyl (C=O) groups excluding carboxylic acids is 1. The monoisotopic (exact) mass is 333 g/mol. The molecule has 0 unspecified atom stereocenters. The molecular weight excluding hydrogens is 318 g/mol. The molecular formula is C19H15N3OS. The lowest BCUT2D eigenvalue weighted by Gasteiger charge is -2.05. The smallest absolute Gasteiger partial charge is 0.251 e. The molecule has 0 aliphatic heterocycles. The van der Waals surface area contributed by atoms with Crippen LogP contribution in [0, 0.1) is 0 Å². The average Bonchev–Trinajstić information content (AvgIpc) is 3.22. The van der Waals surface area contributed by atoms with Gasteiger partial charge in [0.25, 0.3) is 5.91 Å². The predicted molar refractivity (Wildman–Crippen MR) is 96.1 cm³/mol. The zero-order chi connectivity index (χ0) is 16.4. The van der Waals surface area contributed by atoms with Gasteiger partial charge in [-0.05, 0) is 23.3 Å². The van der Waals surface area contributed by atoms with Crippen LogP contribution in [0.4, 0.5) is 0 Å². The van der Waals surface area contributed by atoms with Crippen LogP contribution in [0.3, 0.4) is 0 Å². The third-order valence-corrected chi connectivity index (χ3v) is 4.60. The maximum absolute atomic E-state index is 12.3. The van der Waals surface area contributed by atoms with E-state index in [1.54, 1.807) is 11.3 Å². The summed E-state index contributed by atoms with van der Waals surface area (Å²) in [6.45, 7) is 0.424. The Morgan fingerprint density at radius 2 is 1.79 bits per heavy atom. The van der Waals surface area contributed by atoms with Crippen molar-refractivity contribution in [2.24, 2.45) is 0 Å². The summed E-state index contributed by atoms with van der Waals surface area (Å²) in [5.41, 5.74) is 3.75. The molecule has 4 rings (SSSR count). The van der Waals surface area contributed by atoms with Gasteiger partial charge in [0.15, 0.2) is 4.96 Å². The molecule has 1 amide bonds. The Morgan fingerprint density at radius 3 is 2.54 bits per heavy atom. The highest BCUT2D eigenvalue weighted by atomic mass is 32.1. The summed E-state index contributed by atoms with van der Waals surface area (Å²) in [5, 5.41) is 4.90. The number of benzene rings is 2. The third kappa shape index (κ3) is 2.94. The van der Waals surface area contributed by atoms with Gasteiger partial charge in [0.2, 0.25) is 0 Å². The zero-order valence-electron chi connectivity index (χ0n) is 12.8. The molecule has 4 nitrogen and oxygen atoms in total. The van der Waals surface area contributed by atoms with Gasteiger partial charge in [0, 0.05) is 23.3 Å². The molecule has 24 heavy (non-hydrogen) atoms. The Labute approximate surface area is 143 Å². The summed E-state index contributed by atoms with van der Waals surface area (Å²) in [5.74, 6) is -0.0917. The van der Waals surface area contributed by atoms with Crippen LogP contribution in [0.1, 0.15) is 16.1 Å². The summed E-state index contributed by atoms with van der Waals surface area (Å²) < 4.78 is 1.96. The van der Waals surface area contributed by atoms with Gasteiger partial charge in [-0.1, -0.05) is 42.5 Å². The minimum Gasteiger partial charge on any atom is -0.346 e. The molecule has 0 aliphatic rings. The predicted octanol–water partition coefficient (Wildman–Crippen LogP) is 3.99. The molecule has 2 aromatic heterocycles. The molecule has 0 atom stereocenters. The molecule has 2 aromatic carbocycles. The molecule has 0 bridgehead atoms. The van der Waals surface area contributed by atoms with Crippen LogP contribution in [0.15, 0.2) is 72.4 Å². The van der Waals surface area contributed by atoms with Gasteiger partial charge in [-0.3, -0.25) is 9.20 Å². The highest BCUT2D eigenvalue weighted by Crippen LogP contribution is 2.19. The first-order chi connectivity index (χ1) is 11.8. The third-order valence-electron chi connectivity index (χ3n) is 3.83. The highest BCUT2D eigenvalue weighted by molar-refractivity contribution is 7.15. The number of carbonyl (C=O) groups is 1. The van der Waals surface area contributed by atoms with E-state index < -0.39 is 0 Å². The number of hydrogen-bond acceptors (Lipinski definition) is 3. The Bertz CT molecular complexity index is 942. The summed E-state index contributed by atoms with van der Waals surface area (Å²) in [4.78, 5) is 17.7. The van der Waals surface area contributed by atoms with Crippen LogP contribution >= 0.6 is 11.3 Å². The van der Waals surface area contributed by atoms with Crippen molar-refractivity contribution in [2.75, 3.05) is 0 Å². The molecule has 5 heteroatoms. The van der Waals surface area contributed by atoms with Crippen LogP contribution < -0.4 is 5.32 Å². The molecule has 0 saturated carbocycles. The van der Waals surface area contributed by atoms with E-state index in [-0.39, 0.29) is 5.91 Å². The Kier molecular flexibility index (Phi) is 3.84. The van der Waals surface area contributed by atoms with Gasteiger partial charge in [0.1, 0.15) is 0 Å². The molecule has 2 heterocycles. The van der Waals surface area contributed by atoms with Crippen LogP contribution in [0.25, 0.3) is 16.1 Å². The highest BCUT2D eigenvalue weighted by Gasteiger charge is 2.08. The summed E-state index contributed by atoms with van der Waals surface area (Å²) in [7, 11) is 0. The van der Waals surface area contributed by atoms with Gasteiger partial charge in [-0.2, -0.15) is 0 Å². The minimum absolute atomic E-state index is 0.0917. The fourth-order valence-electron chi connectivity index (χ4n) is 2.58. The van der Waals surface area contributed by atoms with Crippen molar-refractivity contribution in [1.29, 1.82) is 0 Å². The largest absolute Gasteiger partial charge is 0.346 e. The van der Waals surface area contributed by atoms with E-state index >= 15 is 0 Å². The molecule has 118 valence electrons. The first-order valence-electron chi connectivity index (χ1n) is 7.64. The normalized spacial score (nSPS) is 10.8. The topological polar surface area (TPSA) is 46.4 Å². The Balaban J connectivity index is 1.43. The fraction of sp³-hybridized carbons (Fsp3) is 0.0526. The fourth-order valence-corrected chi connectivity index (χ4v) is 3.30. The number of fused-ring (bicyclic) bond motifs is 1. The van der Waals surface area contributed by atoms with E-state index in [0.717, 1.165) is 21.8 Å². The van der Waals surface area contributed by atoms with E-state index in [4.69, 9.17) is 0 Å². The first kappa shape index (κ1) is 14.7. The molecule has 0 radical (unpaired) electrons. The maximum Gasteiger partial charge on any atom is 0.251 e. The summed E-state index contributed by atoms with van der Waals surface area (Å²) >= 11 is 1.58. The van der Waals surface area contributed by atoms with Crippen LogP contribution in [0.2, 0.25) is 0 Å². The van der Waals surface area contributed by atoms with Crippen molar-refractivity contribution in [3.63, 3.8) is 0 Å². The van der Waals surface area contributed by atoms with Gasteiger partial charge in [0.05, 0.1) is 12.2 Å². The molecule has 0 spiro atoms. The minimum atomic E-state index is -0.0917. The number of amides is 1. The lowest BCUT2D eigenvalue weighted by atomic mass is 10.0. The lowest BCUT2D eigenvalue weighted by molar-refractivity contribution is 0.0950. The van der Waals surface area contributed by atoms with Crippen LogP contribution in [-0.4, -0.2) is 15.3 Å². The number of nitrogens with zero attached hydrogens (tertiary/aromatic N) is 2. The number of aromatic nitrogens is 2. The van der Waals surface area contributed by atoms with Crippen LogP contribution in [0.5, 0.6) is 0 Å². The van der Waals surface area contributed by atoms with E-state index in [1.165, 1.54) is 0 Å². The SMILES string of the molecule is O=C(NCc1cn2ccsc2n1)c1ccc(-c2ccccc2)cc1. The second-order valence-corrected chi connectivity index (χ2v) is 6.32. The van der Waals surface area contributed by atoms with Crippen molar-refractivity contribution in [3.05, 3.63) is 83.6 Å². The van der Waals surface area contributed by atoms with Gasteiger partial charge >= 0.3 is 0 Å². The number of imidazole rings is 1. The van der Waals surface area contributed by atoms with Gasteiger partial charge in [-0.15, -0.1) is 11.3 Å². The average molecular weight is 333 g/mol. The van der Waals surface area contributed by atoms with E-state index in [9.17, 15) is 4.79 Å². The number of hydrogen-bond donors (Lipinski definition) is 1. The quantitative estimate of drug-likeness (QED) is 0.614. The standard InChI is InChI=1S/C19H15N3OS/c23-18(20-12-17-13-22-10-11-24-19(22)21-17)16-8-6-15(7-9-16)14-4-2-1-3-5-14/h1-11,13H,12H2,(H,20,23). The van der Waals surface area contributed by atoms with Crippen molar-refractivity contribution >= 4 is 22.2 Å². The molecule has 0 fully saturated rings. The van der Waals surface area contributed by atoms with Crippen molar-refractivity contribution in [1.82, 2.24) is 14.7 Å². The lowest BCUT2D eigenvalue weighted by Crippen LogP contribution is -2.22. The molecule has 1 N–H and O–H groups in total. The second-order valence-electron chi connectivity index (χ2n) is 5.45. The van der Waals surface area contributed by atoms with Crippen molar-refractivity contribution in [2.45, 2.75) is 6.54 Å². The molecule has 4 aromatic rings. The maximum atomic E-state index is 12.3. The second kappa shape index (κ2) is 6.29.